The smallest absolute Gasteiger partial charge is 0.335 e. The third-order valence-electron chi connectivity index (χ3n) is 3.88. The fourth-order valence-electron chi connectivity index (χ4n) is 2.33. The Bertz CT molecular complexity index is 613. The van der Waals surface area contributed by atoms with Crippen molar-refractivity contribution in [2.24, 2.45) is 5.92 Å². The van der Waals surface area contributed by atoms with Crippen molar-refractivity contribution in [3.63, 3.8) is 0 Å². The molecule has 1 aliphatic carbocycles. The highest BCUT2D eigenvalue weighted by Crippen LogP contribution is 2.31. The summed E-state index contributed by atoms with van der Waals surface area (Å²) in [7, 11) is -3.39. The van der Waals surface area contributed by atoms with Crippen LogP contribution in [0.2, 0.25) is 0 Å². The third-order valence-corrected chi connectivity index (χ3v) is 5.89. The Morgan fingerprint density at radius 1 is 1.32 bits per heavy atom. The predicted molar refractivity (Wildman–Crippen MR) is 72.3 cm³/mol. The van der Waals surface area contributed by atoms with Crippen molar-refractivity contribution >= 4 is 15.8 Å². The van der Waals surface area contributed by atoms with E-state index in [0.29, 0.717) is 11.1 Å². The maximum atomic E-state index is 12.4. The summed E-state index contributed by atoms with van der Waals surface area (Å²) in [5, 5.41) is 9.03. The fraction of sp³-hybridized carbons (Fsp3) is 0.500. The van der Waals surface area contributed by atoms with Crippen molar-refractivity contribution in [1.29, 1.82) is 0 Å². The molecule has 104 valence electrons. The molecule has 0 atom stereocenters. The monoisotopic (exact) mass is 282 g/mol. The second-order valence-electron chi connectivity index (χ2n) is 5.30. The van der Waals surface area contributed by atoms with Crippen LogP contribution in [0, 0.1) is 19.8 Å². The first-order chi connectivity index (χ1) is 8.81. The lowest BCUT2D eigenvalue weighted by molar-refractivity contribution is 0.0696. The number of hydrogen-bond acceptors (Lipinski definition) is 3. The van der Waals surface area contributed by atoms with Crippen molar-refractivity contribution in [2.45, 2.75) is 38.0 Å². The van der Waals surface area contributed by atoms with Gasteiger partial charge in [-0.25, -0.2) is 13.2 Å². The van der Waals surface area contributed by atoms with E-state index in [4.69, 9.17) is 5.11 Å². The van der Waals surface area contributed by atoms with E-state index >= 15 is 0 Å². The van der Waals surface area contributed by atoms with Crippen LogP contribution in [0.1, 0.15) is 40.7 Å². The number of sulfone groups is 1. The van der Waals surface area contributed by atoms with Gasteiger partial charge >= 0.3 is 5.97 Å². The molecule has 0 heterocycles. The highest BCUT2D eigenvalue weighted by atomic mass is 32.2. The number of carbonyl (C=O) groups is 1. The minimum Gasteiger partial charge on any atom is -0.478 e. The molecule has 19 heavy (non-hydrogen) atoms. The normalized spacial score (nSPS) is 16.1. The summed E-state index contributed by atoms with van der Waals surface area (Å²) in [6, 6.07) is 2.80. The zero-order valence-electron chi connectivity index (χ0n) is 11.1. The first kappa shape index (κ1) is 14.1. The Kier molecular flexibility index (Phi) is 3.67. The van der Waals surface area contributed by atoms with Crippen molar-refractivity contribution in [3.05, 3.63) is 28.8 Å². The minimum absolute atomic E-state index is 0.0373. The summed E-state index contributed by atoms with van der Waals surface area (Å²) in [5.41, 5.74) is 1.40. The molecule has 0 aromatic heterocycles. The molecule has 1 aliphatic rings. The number of carboxylic acids is 1. The van der Waals surface area contributed by atoms with Gasteiger partial charge in [0.15, 0.2) is 9.84 Å². The van der Waals surface area contributed by atoms with Gasteiger partial charge in [-0.1, -0.05) is 6.42 Å². The SMILES string of the molecule is Cc1cc(C(=O)O)cc(S(=O)(=O)CC2CCC2)c1C. The van der Waals surface area contributed by atoms with Crippen LogP contribution in [-0.2, 0) is 9.84 Å². The highest BCUT2D eigenvalue weighted by molar-refractivity contribution is 7.91. The van der Waals surface area contributed by atoms with Crippen molar-refractivity contribution in [3.8, 4) is 0 Å². The lowest BCUT2D eigenvalue weighted by Gasteiger charge is -2.25. The second-order valence-corrected chi connectivity index (χ2v) is 7.30. The summed E-state index contributed by atoms with van der Waals surface area (Å²) in [5.74, 6) is -0.725. The number of carboxylic acid groups (broad SMARTS) is 1. The molecule has 1 fully saturated rings. The van der Waals surface area contributed by atoms with Gasteiger partial charge < -0.3 is 5.11 Å². The molecule has 1 aromatic rings. The Morgan fingerprint density at radius 2 is 1.95 bits per heavy atom. The first-order valence-corrected chi connectivity index (χ1v) is 8.04. The lowest BCUT2D eigenvalue weighted by Crippen LogP contribution is -2.23. The lowest BCUT2D eigenvalue weighted by atomic mass is 9.87. The van der Waals surface area contributed by atoms with Gasteiger partial charge in [0.2, 0.25) is 0 Å². The Morgan fingerprint density at radius 3 is 2.42 bits per heavy atom. The van der Waals surface area contributed by atoms with E-state index in [-0.39, 0.29) is 22.1 Å². The summed E-state index contributed by atoms with van der Waals surface area (Å²) in [4.78, 5) is 11.2. The molecule has 1 N–H and O–H groups in total. The van der Waals surface area contributed by atoms with Crippen LogP contribution >= 0.6 is 0 Å². The average molecular weight is 282 g/mol. The summed E-state index contributed by atoms with van der Waals surface area (Å²) in [6.07, 6.45) is 3.00. The zero-order chi connectivity index (χ0) is 14.2. The maximum Gasteiger partial charge on any atom is 0.335 e. The van der Waals surface area contributed by atoms with Crippen LogP contribution in [0.4, 0.5) is 0 Å². The van der Waals surface area contributed by atoms with E-state index in [2.05, 4.69) is 0 Å². The predicted octanol–water partition coefficient (Wildman–Crippen LogP) is 2.58. The topological polar surface area (TPSA) is 71.4 Å². The molecule has 0 saturated heterocycles. The number of aromatic carboxylic acids is 1. The molecule has 0 amide bonds. The number of benzene rings is 1. The van der Waals surface area contributed by atoms with E-state index in [1.807, 2.05) is 0 Å². The van der Waals surface area contributed by atoms with Crippen molar-refractivity contribution < 1.29 is 18.3 Å². The number of rotatable bonds is 4. The zero-order valence-corrected chi connectivity index (χ0v) is 12.0. The van der Waals surface area contributed by atoms with Crippen LogP contribution in [0.25, 0.3) is 0 Å². The molecule has 1 aromatic carbocycles. The molecular formula is C14H18O4S. The summed E-state index contributed by atoms with van der Waals surface area (Å²) in [6.45, 7) is 3.47. The standard InChI is InChI=1S/C14H18O4S/c1-9-6-12(14(15)16)7-13(10(9)2)19(17,18)8-11-4-3-5-11/h6-7,11H,3-5,8H2,1-2H3,(H,15,16). The Labute approximate surface area is 113 Å². The fourth-order valence-corrected chi connectivity index (χ4v) is 4.40. The molecule has 0 aliphatic heterocycles. The minimum atomic E-state index is -3.39. The molecule has 0 bridgehead atoms. The van der Waals surface area contributed by atoms with Gasteiger partial charge in [0, 0.05) is 0 Å². The maximum absolute atomic E-state index is 12.4. The van der Waals surface area contributed by atoms with Gasteiger partial charge in [-0.05, 0) is 55.9 Å². The number of aryl methyl sites for hydroxylation is 1. The quantitative estimate of drug-likeness (QED) is 0.921. The van der Waals surface area contributed by atoms with Crippen molar-refractivity contribution in [2.75, 3.05) is 5.75 Å². The van der Waals surface area contributed by atoms with Gasteiger partial charge in [0.25, 0.3) is 0 Å². The first-order valence-electron chi connectivity index (χ1n) is 6.38. The van der Waals surface area contributed by atoms with Crippen LogP contribution in [0.15, 0.2) is 17.0 Å². The second kappa shape index (κ2) is 4.96. The van der Waals surface area contributed by atoms with Gasteiger partial charge in [-0.3, -0.25) is 0 Å². The summed E-state index contributed by atoms with van der Waals surface area (Å²) < 4.78 is 24.8. The van der Waals surface area contributed by atoms with Gasteiger partial charge in [0.1, 0.15) is 0 Å². The molecular weight excluding hydrogens is 264 g/mol. The average Bonchev–Trinajstić information content (AvgIpc) is 2.27. The molecule has 0 unspecified atom stereocenters. The Hall–Kier alpha value is -1.36. The third kappa shape index (κ3) is 2.81. The van der Waals surface area contributed by atoms with E-state index in [1.165, 1.54) is 12.1 Å². The van der Waals surface area contributed by atoms with Crippen LogP contribution in [-0.4, -0.2) is 25.2 Å². The van der Waals surface area contributed by atoms with Crippen LogP contribution in [0.5, 0.6) is 0 Å². The molecule has 1 saturated carbocycles. The van der Waals surface area contributed by atoms with E-state index < -0.39 is 15.8 Å². The van der Waals surface area contributed by atoms with E-state index in [1.54, 1.807) is 13.8 Å². The van der Waals surface area contributed by atoms with Crippen LogP contribution < -0.4 is 0 Å². The van der Waals surface area contributed by atoms with Gasteiger partial charge in [0.05, 0.1) is 16.2 Å². The molecule has 2 rings (SSSR count). The number of hydrogen-bond donors (Lipinski definition) is 1. The van der Waals surface area contributed by atoms with E-state index in [0.717, 1.165) is 19.3 Å². The van der Waals surface area contributed by atoms with Crippen LogP contribution in [0.3, 0.4) is 0 Å². The Balaban J connectivity index is 2.44. The summed E-state index contributed by atoms with van der Waals surface area (Å²) >= 11 is 0. The molecule has 0 spiro atoms. The molecule has 4 nitrogen and oxygen atoms in total. The highest BCUT2D eigenvalue weighted by Gasteiger charge is 2.28. The largest absolute Gasteiger partial charge is 0.478 e. The molecule has 5 heteroatoms. The van der Waals surface area contributed by atoms with Gasteiger partial charge in [-0.2, -0.15) is 0 Å². The van der Waals surface area contributed by atoms with E-state index in [9.17, 15) is 13.2 Å². The van der Waals surface area contributed by atoms with Gasteiger partial charge in [-0.15, -0.1) is 0 Å². The molecule has 0 radical (unpaired) electrons. The van der Waals surface area contributed by atoms with Crippen molar-refractivity contribution in [1.82, 2.24) is 0 Å².